The quantitative estimate of drug-likeness (QED) is 0.719. The Bertz CT molecular complexity index is 969. The molecule has 0 aliphatic heterocycles. The van der Waals surface area contributed by atoms with Gasteiger partial charge in [0.15, 0.2) is 5.82 Å². The first-order valence-electron chi connectivity index (χ1n) is 9.31. The highest BCUT2D eigenvalue weighted by Gasteiger charge is 2.29. The lowest BCUT2D eigenvalue weighted by Gasteiger charge is -2.29. The van der Waals surface area contributed by atoms with Crippen molar-refractivity contribution in [3.05, 3.63) is 41.0 Å². The molecule has 3 aromatic heterocycles. The first-order valence-corrected chi connectivity index (χ1v) is 10.1. The Labute approximate surface area is 159 Å². The summed E-state index contributed by atoms with van der Waals surface area (Å²) in [5.74, 6) is 2.19. The van der Waals surface area contributed by atoms with Gasteiger partial charge < -0.3 is 5.32 Å². The molecule has 0 unspecified atom stereocenters. The van der Waals surface area contributed by atoms with E-state index in [4.69, 9.17) is 0 Å². The van der Waals surface area contributed by atoms with Crippen LogP contribution >= 0.6 is 11.5 Å². The summed E-state index contributed by atoms with van der Waals surface area (Å²) in [5.41, 5.74) is -0.0755. The maximum absolute atomic E-state index is 12.3. The van der Waals surface area contributed by atoms with Crippen LogP contribution in [0.2, 0.25) is 0 Å². The second-order valence-corrected chi connectivity index (χ2v) is 7.95. The van der Waals surface area contributed by atoms with Crippen LogP contribution in [0.5, 0.6) is 0 Å². The molecular weight excluding hydrogens is 364 g/mol. The average molecular weight is 384 g/mol. The highest BCUT2D eigenvalue weighted by atomic mass is 32.1. The van der Waals surface area contributed by atoms with Crippen LogP contribution in [-0.4, -0.2) is 39.9 Å². The van der Waals surface area contributed by atoms with Crippen LogP contribution in [0.3, 0.4) is 0 Å². The molecule has 2 saturated carbocycles. The van der Waals surface area contributed by atoms with E-state index in [2.05, 4.69) is 29.9 Å². The zero-order chi connectivity index (χ0) is 18.2. The molecule has 3 heterocycles. The van der Waals surface area contributed by atoms with Crippen LogP contribution in [0.15, 0.2) is 29.6 Å². The lowest BCUT2D eigenvalue weighted by atomic mass is 9.91. The van der Waals surface area contributed by atoms with Gasteiger partial charge in [-0.1, -0.05) is 0 Å². The van der Waals surface area contributed by atoms with E-state index in [0.717, 1.165) is 36.6 Å². The van der Waals surface area contributed by atoms with E-state index in [1.54, 1.807) is 27.8 Å². The largest absolute Gasteiger partial charge is 0.358 e. The molecule has 0 aromatic carbocycles. The zero-order valence-electron chi connectivity index (χ0n) is 14.7. The summed E-state index contributed by atoms with van der Waals surface area (Å²) in [6, 6.07) is 3.70. The third-order valence-electron chi connectivity index (χ3n) is 5.22. The van der Waals surface area contributed by atoms with Crippen molar-refractivity contribution in [1.29, 1.82) is 0 Å². The SMILES string of the molecule is O=c1ccc(-n2cncn2)nn1C1CCC(Nc2nc(C3CC3)ns2)CC1. The van der Waals surface area contributed by atoms with Gasteiger partial charge in [-0.2, -0.15) is 9.47 Å². The van der Waals surface area contributed by atoms with Crippen molar-refractivity contribution < 1.29 is 0 Å². The third-order valence-corrected chi connectivity index (χ3v) is 5.88. The molecule has 0 saturated heterocycles. The lowest BCUT2D eigenvalue weighted by molar-refractivity contribution is 0.303. The number of aromatic nitrogens is 7. The van der Waals surface area contributed by atoms with Gasteiger partial charge in [0, 0.05) is 29.6 Å². The van der Waals surface area contributed by atoms with Gasteiger partial charge >= 0.3 is 0 Å². The molecule has 5 rings (SSSR count). The molecule has 0 amide bonds. The normalized spacial score (nSPS) is 22.7. The van der Waals surface area contributed by atoms with E-state index in [-0.39, 0.29) is 11.6 Å². The van der Waals surface area contributed by atoms with Crippen molar-refractivity contribution in [3.63, 3.8) is 0 Å². The van der Waals surface area contributed by atoms with Crippen LogP contribution in [-0.2, 0) is 0 Å². The van der Waals surface area contributed by atoms with Crippen molar-refractivity contribution in [1.82, 2.24) is 33.9 Å². The highest BCUT2D eigenvalue weighted by molar-refractivity contribution is 7.09. The van der Waals surface area contributed by atoms with Crippen molar-refractivity contribution in [2.24, 2.45) is 0 Å². The second-order valence-electron chi connectivity index (χ2n) is 7.20. The minimum absolute atomic E-state index is 0.0755. The Morgan fingerprint density at radius 3 is 2.70 bits per heavy atom. The summed E-state index contributed by atoms with van der Waals surface area (Å²) in [4.78, 5) is 20.9. The first-order chi connectivity index (χ1) is 13.3. The molecule has 10 heteroatoms. The first kappa shape index (κ1) is 16.5. The van der Waals surface area contributed by atoms with Crippen molar-refractivity contribution >= 4 is 16.7 Å². The van der Waals surface area contributed by atoms with E-state index in [0.29, 0.717) is 17.8 Å². The minimum atomic E-state index is -0.0755. The smallest absolute Gasteiger partial charge is 0.267 e. The summed E-state index contributed by atoms with van der Waals surface area (Å²) in [6.45, 7) is 0. The molecule has 0 atom stereocenters. The van der Waals surface area contributed by atoms with Gasteiger partial charge in [0.25, 0.3) is 5.56 Å². The minimum Gasteiger partial charge on any atom is -0.358 e. The molecule has 0 radical (unpaired) electrons. The van der Waals surface area contributed by atoms with E-state index in [9.17, 15) is 4.79 Å². The van der Waals surface area contributed by atoms with Crippen molar-refractivity contribution in [3.8, 4) is 5.82 Å². The number of nitrogens with one attached hydrogen (secondary N) is 1. The number of anilines is 1. The van der Waals surface area contributed by atoms with Crippen LogP contribution < -0.4 is 10.9 Å². The molecular formula is C17H20N8OS. The Morgan fingerprint density at radius 2 is 1.96 bits per heavy atom. The Balaban J connectivity index is 1.24. The molecule has 0 spiro atoms. The molecule has 140 valence electrons. The average Bonchev–Trinajstić information content (AvgIpc) is 3.19. The number of nitrogens with zero attached hydrogens (tertiary/aromatic N) is 7. The molecule has 1 N–H and O–H groups in total. The Hall–Kier alpha value is -2.62. The highest BCUT2D eigenvalue weighted by Crippen LogP contribution is 2.39. The lowest BCUT2D eigenvalue weighted by Crippen LogP contribution is -2.33. The summed E-state index contributed by atoms with van der Waals surface area (Å²) >= 11 is 1.46. The van der Waals surface area contributed by atoms with Crippen LogP contribution in [0.25, 0.3) is 5.82 Å². The van der Waals surface area contributed by atoms with Gasteiger partial charge in [0.2, 0.25) is 5.13 Å². The van der Waals surface area contributed by atoms with E-state index in [1.165, 1.54) is 30.7 Å². The number of hydrogen-bond donors (Lipinski definition) is 1. The second kappa shape index (κ2) is 6.84. The molecule has 2 aliphatic rings. The van der Waals surface area contributed by atoms with E-state index >= 15 is 0 Å². The van der Waals surface area contributed by atoms with E-state index in [1.807, 2.05) is 0 Å². The standard InChI is InChI=1S/C17H20N8OS/c26-15-8-7-14(24-10-18-9-19-24)22-25(15)13-5-3-12(4-6-13)20-17-21-16(23-27-17)11-1-2-11/h7-13H,1-6H2,(H,20,21,23). The maximum Gasteiger partial charge on any atom is 0.267 e. The topological polar surface area (TPSA) is 103 Å². The van der Waals surface area contributed by atoms with Gasteiger partial charge in [0.05, 0.1) is 6.04 Å². The molecule has 2 aliphatic carbocycles. The van der Waals surface area contributed by atoms with Gasteiger partial charge in [-0.05, 0) is 44.6 Å². The molecule has 9 nitrogen and oxygen atoms in total. The summed E-state index contributed by atoms with van der Waals surface area (Å²) in [5, 5.41) is 13.0. The Morgan fingerprint density at radius 1 is 1.11 bits per heavy atom. The van der Waals surface area contributed by atoms with Crippen molar-refractivity contribution in [2.45, 2.75) is 56.5 Å². The monoisotopic (exact) mass is 384 g/mol. The summed E-state index contributed by atoms with van der Waals surface area (Å²) < 4.78 is 7.62. The molecule has 27 heavy (non-hydrogen) atoms. The van der Waals surface area contributed by atoms with Gasteiger partial charge in [-0.15, -0.1) is 5.10 Å². The molecule has 3 aromatic rings. The van der Waals surface area contributed by atoms with Crippen LogP contribution in [0, 0.1) is 0 Å². The van der Waals surface area contributed by atoms with Gasteiger partial charge in [-0.3, -0.25) is 4.79 Å². The summed E-state index contributed by atoms with van der Waals surface area (Å²) in [6.07, 6.45) is 9.23. The fourth-order valence-corrected chi connectivity index (χ4v) is 4.29. The molecule has 2 fully saturated rings. The fourth-order valence-electron chi connectivity index (χ4n) is 3.57. The number of rotatable bonds is 5. The molecule has 0 bridgehead atoms. The number of hydrogen-bond acceptors (Lipinski definition) is 8. The fraction of sp³-hybridized carbons (Fsp3) is 0.529. The zero-order valence-corrected chi connectivity index (χ0v) is 15.5. The summed E-state index contributed by atoms with van der Waals surface area (Å²) in [7, 11) is 0. The van der Waals surface area contributed by atoms with Crippen molar-refractivity contribution in [2.75, 3.05) is 5.32 Å². The van der Waals surface area contributed by atoms with E-state index < -0.39 is 0 Å². The predicted octanol–water partition coefficient (Wildman–Crippen LogP) is 2.15. The van der Waals surface area contributed by atoms with Crippen LogP contribution in [0.1, 0.15) is 56.3 Å². The Kier molecular flexibility index (Phi) is 4.19. The predicted molar refractivity (Wildman–Crippen MR) is 100 cm³/mol. The van der Waals surface area contributed by atoms with Gasteiger partial charge in [-0.25, -0.2) is 19.3 Å². The van der Waals surface area contributed by atoms with Crippen LogP contribution in [0.4, 0.5) is 5.13 Å². The van der Waals surface area contributed by atoms with Gasteiger partial charge in [0.1, 0.15) is 18.5 Å². The maximum atomic E-state index is 12.3. The third kappa shape index (κ3) is 3.48.